The van der Waals surface area contributed by atoms with Gasteiger partial charge in [0, 0.05) is 16.7 Å². The Labute approximate surface area is 170 Å². The van der Waals surface area contributed by atoms with Crippen LogP contribution in [0.15, 0.2) is 57.2 Å². The number of carbonyl (C=O) groups is 1. The van der Waals surface area contributed by atoms with E-state index in [4.69, 9.17) is 4.42 Å². The van der Waals surface area contributed by atoms with E-state index in [9.17, 15) is 4.79 Å². The largest absolute Gasteiger partial charge is 0.461 e. The zero-order chi connectivity index (χ0) is 19.4. The van der Waals surface area contributed by atoms with Gasteiger partial charge < -0.3 is 9.73 Å². The first-order valence-corrected chi connectivity index (χ1v) is 10.1. The van der Waals surface area contributed by atoms with Crippen molar-refractivity contribution >= 4 is 39.3 Å². The van der Waals surface area contributed by atoms with E-state index in [1.54, 1.807) is 18.4 Å². The molecule has 3 rings (SSSR count). The Balaban J connectivity index is 1.70. The van der Waals surface area contributed by atoms with Gasteiger partial charge in [0.25, 0.3) is 0 Å². The molecule has 1 N–H and O–H groups in total. The summed E-state index contributed by atoms with van der Waals surface area (Å²) in [5.74, 6) is 1.36. The number of rotatable bonds is 7. The standard InChI is InChI=1S/C19H19BrN4O2S/c1-4-9-24-18(16-6-5-10-26-16)22-23-19(24)27-11-17(25)21-15-8-7-14(20)12(2)13(15)3/h4-8,10H,1,9,11H2,2-3H3,(H,21,25). The molecule has 0 bridgehead atoms. The summed E-state index contributed by atoms with van der Waals surface area (Å²) in [7, 11) is 0. The molecule has 6 nitrogen and oxygen atoms in total. The fraction of sp³-hybridized carbons (Fsp3) is 0.211. The number of carbonyl (C=O) groups excluding carboxylic acids is 1. The molecule has 0 aliphatic rings. The van der Waals surface area contributed by atoms with Gasteiger partial charge in [0.2, 0.25) is 11.7 Å². The molecular weight excluding hydrogens is 428 g/mol. The summed E-state index contributed by atoms with van der Waals surface area (Å²) in [5.41, 5.74) is 2.96. The lowest BCUT2D eigenvalue weighted by Gasteiger charge is -2.12. The van der Waals surface area contributed by atoms with E-state index in [1.807, 2.05) is 36.6 Å². The lowest BCUT2D eigenvalue weighted by atomic mass is 10.1. The Morgan fingerprint density at radius 3 is 2.85 bits per heavy atom. The Morgan fingerprint density at radius 2 is 2.15 bits per heavy atom. The minimum absolute atomic E-state index is 0.0995. The van der Waals surface area contributed by atoms with Crippen LogP contribution in [-0.4, -0.2) is 26.4 Å². The normalized spacial score (nSPS) is 10.8. The Morgan fingerprint density at radius 1 is 1.33 bits per heavy atom. The van der Waals surface area contributed by atoms with E-state index in [-0.39, 0.29) is 11.7 Å². The minimum atomic E-state index is -0.0995. The Kier molecular flexibility index (Phi) is 6.18. The second-order valence-corrected chi connectivity index (χ2v) is 7.66. The number of furan rings is 1. The number of aromatic nitrogens is 3. The van der Waals surface area contributed by atoms with Crippen molar-refractivity contribution in [3.05, 3.63) is 58.8 Å². The number of nitrogens with one attached hydrogen (secondary N) is 1. The number of anilines is 1. The van der Waals surface area contributed by atoms with Crippen LogP contribution in [0.2, 0.25) is 0 Å². The predicted octanol–water partition coefficient (Wildman–Crippen LogP) is 4.83. The van der Waals surface area contributed by atoms with Gasteiger partial charge in [-0.3, -0.25) is 9.36 Å². The van der Waals surface area contributed by atoms with Crippen LogP contribution >= 0.6 is 27.7 Å². The first-order chi connectivity index (χ1) is 13.0. The van der Waals surface area contributed by atoms with Crippen molar-refractivity contribution < 1.29 is 9.21 Å². The van der Waals surface area contributed by atoms with E-state index in [0.29, 0.717) is 23.3 Å². The molecule has 0 saturated carbocycles. The molecule has 2 heterocycles. The molecule has 27 heavy (non-hydrogen) atoms. The van der Waals surface area contributed by atoms with Gasteiger partial charge in [-0.1, -0.05) is 33.8 Å². The van der Waals surface area contributed by atoms with Gasteiger partial charge in [-0.25, -0.2) is 0 Å². The minimum Gasteiger partial charge on any atom is -0.461 e. The SMILES string of the molecule is C=CCn1c(SCC(=O)Nc2ccc(Br)c(C)c2C)nnc1-c1ccco1. The second-order valence-electron chi connectivity index (χ2n) is 5.86. The van der Waals surface area contributed by atoms with Gasteiger partial charge in [-0.15, -0.1) is 16.8 Å². The number of thioether (sulfide) groups is 1. The van der Waals surface area contributed by atoms with Gasteiger partial charge in [0.15, 0.2) is 10.9 Å². The number of hydrogen-bond donors (Lipinski definition) is 1. The van der Waals surface area contributed by atoms with Crippen LogP contribution in [0.3, 0.4) is 0 Å². The summed E-state index contributed by atoms with van der Waals surface area (Å²) in [6, 6.07) is 7.44. The summed E-state index contributed by atoms with van der Waals surface area (Å²) in [5, 5.41) is 12.0. The first-order valence-electron chi connectivity index (χ1n) is 8.27. The van der Waals surface area contributed by atoms with Crippen molar-refractivity contribution in [1.29, 1.82) is 0 Å². The number of allylic oxidation sites excluding steroid dienone is 1. The molecule has 8 heteroatoms. The third-order valence-corrected chi connectivity index (χ3v) is 5.92. The molecule has 0 fully saturated rings. The maximum atomic E-state index is 12.4. The summed E-state index contributed by atoms with van der Waals surface area (Å²) in [6.07, 6.45) is 3.35. The first kappa shape index (κ1) is 19.4. The molecule has 0 radical (unpaired) electrons. The summed E-state index contributed by atoms with van der Waals surface area (Å²) in [4.78, 5) is 12.4. The number of halogens is 1. The fourth-order valence-corrected chi connectivity index (χ4v) is 3.69. The zero-order valence-electron chi connectivity index (χ0n) is 15.0. The maximum Gasteiger partial charge on any atom is 0.234 e. The molecule has 0 atom stereocenters. The summed E-state index contributed by atoms with van der Waals surface area (Å²) >= 11 is 4.82. The van der Waals surface area contributed by atoms with Gasteiger partial charge >= 0.3 is 0 Å². The second kappa shape index (κ2) is 8.58. The van der Waals surface area contributed by atoms with E-state index in [0.717, 1.165) is 21.3 Å². The highest BCUT2D eigenvalue weighted by molar-refractivity contribution is 9.10. The lowest BCUT2D eigenvalue weighted by Crippen LogP contribution is -2.15. The van der Waals surface area contributed by atoms with Crippen molar-refractivity contribution in [3.8, 4) is 11.6 Å². The molecule has 140 valence electrons. The van der Waals surface area contributed by atoms with Crippen LogP contribution in [0.1, 0.15) is 11.1 Å². The highest BCUT2D eigenvalue weighted by Gasteiger charge is 2.17. The molecule has 0 unspecified atom stereocenters. The van der Waals surface area contributed by atoms with Crippen LogP contribution in [0.5, 0.6) is 0 Å². The number of hydrogen-bond acceptors (Lipinski definition) is 5. The van der Waals surface area contributed by atoms with Gasteiger partial charge in [-0.05, 0) is 49.2 Å². The van der Waals surface area contributed by atoms with E-state index in [2.05, 4.69) is 38.0 Å². The fourth-order valence-electron chi connectivity index (χ4n) is 2.52. The molecule has 1 amide bonds. The third-order valence-electron chi connectivity index (χ3n) is 4.10. The van der Waals surface area contributed by atoms with Crippen LogP contribution in [-0.2, 0) is 11.3 Å². The summed E-state index contributed by atoms with van der Waals surface area (Å²) in [6.45, 7) is 8.30. The highest BCUT2D eigenvalue weighted by Crippen LogP contribution is 2.27. The molecule has 3 aromatic rings. The number of amides is 1. The van der Waals surface area contributed by atoms with Crippen molar-refractivity contribution in [2.24, 2.45) is 0 Å². The molecular formula is C19H19BrN4O2S. The topological polar surface area (TPSA) is 73.0 Å². The van der Waals surface area contributed by atoms with Gasteiger partial charge in [-0.2, -0.15) is 0 Å². The van der Waals surface area contributed by atoms with Crippen LogP contribution < -0.4 is 5.32 Å². The average Bonchev–Trinajstić information content (AvgIpc) is 3.31. The molecule has 0 spiro atoms. The molecule has 2 aromatic heterocycles. The lowest BCUT2D eigenvalue weighted by molar-refractivity contribution is -0.113. The zero-order valence-corrected chi connectivity index (χ0v) is 17.4. The Hall–Kier alpha value is -2.32. The third kappa shape index (κ3) is 4.33. The van der Waals surface area contributed by atoms with E-state index in [1.165, 1.54) is 11.8 Å². The molecule has 0 aliphatic carbocycles. The van der Waals surface area contributed by atoms with E-state index >= 15 is 0 Å². The van der Waals surface area contributed by atoms with Crippen molar-refractivity contribution in [1.82, 2.24) is 14.8 Å². The Bertz CT molecular complexity index is 967. The van der Waals surface area contributed by atoms with Crippen molar-refractivity contribution in [2.75, 3.05) is 11.1 Å². The summed E-state index contributed by atoms with van der Waals surface area (Å²) < 4.78 is 8.31. The van der Waals surface area contributed by atoms with Crippen LogP contribution in [0, 0.1) is 13.8 Å². The van der Waals surface area contributed by atoms with E-state index < -0.39 is 0 Å². The average molecular weight is 447 g/mol. The maximum absolute atomic E-state index is 12.4. The van der Waals surface area contributed by atoms with Gasteiger partial charge in [0.05, 0.1) is 12.0 Å². The quantitative estimate of drug-likeness (QED) is 0.415. The molecule has 1 aromatic carbocycles. The number of benzene rings is 1. The monoisotopic (exact) mass is 446 g/mol. The van der Waals surface area contributed by atoms with Crippen LogP contribution in [0.4, 0.5) is 5.69 Å². The predicted molar refractivity (Wildman–Crippen MR) is 111 cm³/mol. The van der Waals surface area contributed by atoms with Crippen LogP contribution in [0.25, 0.3) is 11.6 Å². The highest BCUT2D eigenvalue weighted by atomic mass is 79.9. The smallest absolute Gasteiger partial charge is 0.234 e. The van der Waals surface area contributed by atoms with Crippen molar-refractivity contribution in [2.45, 2.75) is 25.5 Å². The molecule has 0 aliphatic heterocycles. The number of nitrogens with zero attached hydrogens (tertiary/aromatic N) is 3. The van der Waals surface area contributed by atoms with Crippen molar-refractivity contribution in [3.63, 3.8) is 0 Å². The molecule has 0 saturated heterocycles. The van der Waals surface area contributed by atoms with Gasteiger partial charge in [0.1, 0.15) is 0 Å².